The molecule has 8 heteroatoms. The Kier molecular flexibility index (Phi) is 6.02. The van der Waals surface area contributed by atoms with E-state index >= 15 is 0 Å². The third-order valence-electron chi connectivity index (χ3n) is 5.77. The lowest BCUT2D eigenvalue weighted by atomic mass is 10.0. The van der Waals surface area contributed by atoms with Gasteiger partial charge >= 0.3 is 0 Å². The van der Waals surface area contributed by atoms with Crippen LogP contribution in [0.1, 0.15) is 25.6 Å². The number of fused-ring (bicyclic) bond motifs is 1. The molecule has 5 rings (SSSR count). The molecule has 0 radical (unpaired) electrons. The van der Waals surface area contributed by atoms with E-state index in [0.717, 1.165) is 27.5 Å². The predicted octanol–water partition coefficient (Wildman–Crippen LogP) is 4.22. The first-order valence-electron chi connectivity index (χ1n) is 10.9. The van der Waals surface area contributed by atoms with Crippen LogP contribution in [0.15, 0.2) is 48.5 Å². The van der Waals surface area contributed by atoms with Crippen LogP contribution in [0.3, 0.4) is 0 Å². The molecule has 0 atom stereocenters. The van der Waals surface area contributed by atoms with E-state index in [1.54, 1.807) is 17.0 Å². The molecule has 0 saturated carbocycles. The van der Waals surface area contributed by atoms with Crippen LogP contribution in [0.25, 0.3) is 10.4 Å². The standard InChI is InChI=1S/C25H24N2O5S/c1-16-18(25(29)27-9-11-30-12-10-27)3-2-4-19(16)26-24(28)23-8-7-22(33-23)17-5-6-20-21(15-17)32-14-13-31-20/h2-8,15H,9-14H2,1H3,(H,26,28). The fraction of sp³-hybridized carbons (Fsp3) is 0.280. The number of benzene rings is 2. The fourth-order valence-corrected chi connectivity index (χ4v) is 4.83. The summed E-state index contributed by atoms with van der Waals surface area (Å²) in [5, 5.41) is 2.97. The van der Waals surface area contributed by atoms with Crippen molar-refractivity contribution < 1.29 is 23.8 Å². The highest BCUT2D eigenvalue weighted by Crippen LogP contribution is 2.37. The summed E-state index contributed by atoms with van der Waals surface area (Å²) in [7, 11) is 0. The lowest BCUT2D eigenvalue weighted by molar-refractivity contribution is 0.0302. The highest BCUT2D eigenvalue weighted by molar-refractivity contribution is 7.17. The summed E-state index contributed by atoms with van der Waals surface area (Å²) in [4.78, 5) is 29.2. The zero-order valence-electron chi connectivity index (χ0n) is 18.3. The van der Waals surface area contributed by atoms with Gasteiger partial charge in [0.15, 0.2) is 11.5 Å². The highest BCUT2D eigenvalue weighted by atomic mass is 32.1. The Morgan fingerprint density at radius 1 is 0.939 bits per heavy atom. The average molecular weight is 465 g/mol. The minimum absolute atomic E-state index is 0.0380. The first-order chi connectivity index (χ1) is 16.1. The Morgan fingerprint density at radius 3 is 2.55 bits per heavy atom. The minimum atomic E-state index is -0.206. The molecule has 2 amide bonds. The molecule has 1 saturated heterocycles. The van der Waals surface area contributed by atoms with Gasteiger partial charge in [0.2, 0.25) is 0 Å². The number of ether oxygens (including phenoxy) is 3. The van der Waals surface area contributed by atoms with Crippen molar-refractivity contribution in [3.8, 4) is 21.9 Å². The summed E-state index contributed by atoms with van der Waals surface area (Å²) >= 11 is 1.41. The molecule has 2 aromatic carbocycles. The molecule has 0 bridgehead atoms. The molecule has 3 heterocycles. The molecule has 2 aliphatic heterocycles. The highest BCUT2D eigenvalue weighted by Gasteiger charge is 2.22. The number of amides is 2. The molecule has 0 unspecified atom stereocenters. The van der Waals surface area contributed by atoms with Crippen LogP contribution in [0.4, 0.5) is 5.69 Å². The van der Waals surface area contributed by atoms with E-state index in [-0.39, 0.29) is 11.8 Å². The van der Waals surface area contributed by atoms with Crippen molar-refractivity contribution >= 4 is 28.8 Å². The maximum Gasteiger partial charge on any atom is 0.265 e. The van der Waals surface area contributed by atoms with Crippen LogP contribution < -0.4 is 14.8 Å². The third-order valence-corrected chi connectivity index (χ3v) is 6.90. The summed E-state index contributed by atoms with van der Waals surface area (Å²) < 4.78 is 16.6. The number of anilines is 1. The van der Waals surface area contributed by atoms with Crippen molar-refractivity contribution in [1.82, 2.24) is 4.90 Å². The Hall–Kier alpha value is -3.36. The van der Waals surface area contributed by atoms with Crippen LogP contribution >= 0.6 is 11.3 Å². The predicted molar refractivity (Wildman–Crippen MR) is 127 cm³/mol. The first-order valence-corrected chi connectivity index (χ1v) is 11.7. The number of morpholine rings is 1. The molecule has 7 nitrogen and oxygen atoms in total. The average Bonchev–Trinajstić information content (AvgIpc) is 3.36. The molecule has 1 aromatic heterocycles. The molecule has 0 aliphatic carbocycles. The Bertz CT molecular complexity index is 1200. The minimum Gasteiger partial charge on any atom is -0.486 e. The van der Waals surface area contributed by atoms with Crippen molar-refractivity contribution in [1.29, 1.82) is 0 Å². The van der Waals surface area contributed by atoms with Gasteiger partial charge in [-0.3, -0.25) is 9.59 Å². The van der Waals surface area contributed by atoms with Gasteiger partial charge in [-0.05, 0) is 60.5 Å². The molecule has 3 aromatic rings. The first kappa shape index (κ1) is 21.5. The number of nitrogens with zero attached hydrogens (tertiary/aromatic N) is 1. The molecule has 1 fully saturated rings. The maximum atomic E-state index is 13.0. The second-order valence-electron chi connectivity index (χ2n) is 7.86. The van der Waals surface area contributed by atoms with E-state index in [4.69, 9.17) is 14.2 Å². The van der Waals surface area contributed by atoms with E-state index in [1.807, 2.05) is 43.3 Å². The van der Waals surface area contributed by atoms with Gasteiger partial charge in [0.05, 0.1) is 18.1 Å². The largest absolute Gasteiger partial charge is 0.486 e. The van der Waals surface area contributed by atoms with E-state index in [9.17, 15) is 9.59 Å². The van der Waals surface area contributed by atoms with Gasteiger partial charge in [-0.1, -0.05) is 6.07 Å². The Labute approximate surface area is 195 Å². The number of hydrogen-bond acceptors (Lipinski definition) is 6. The van der Waals surface area contributed by atoms with Gasteiger partial charge in [-0.15, -0.1) is 11.3 Å². The third kappa shape index (κ3) is 4.44. The van der Waals surface area contributed by atoms with E-state index < -0.39 is 0 Å². The Balaban J connectivity index is 1.32. The fourth-order valence-electron chi connectivity index (χ4n) is 3.94. The molecule has 1 N–H and O–H groups in total. The molecule has 0 spiro atoms. The monoisotopic (exact) mass is 464 g/mol. The lowest BCUT2D eigenvalue weighted by Gasteiger charge is -2.27. The second kappa shape index (κ2) is 9.25. The molecular formula is C25H24N2O5S. The van der Waals surface area contributed by atoms with Crippen molar-refractivity contribution in [2.75, 3.05) is 44.8 Å². The van der Waals surface area contributed by atoms with Gasteiger partial charge in [-0.25, -0.2) is 0 Å². The van der Waals surface area contributed by atoms with Gasteiger partial charge in [0, 0.05) is 29.2 Å². The van der Waals surface area contributed by atoms with Crippen molar-refractivity contribution in [2.45, 2.75) is 6.92 Å². The van der Waals surface area contributed by atoms with Gasteiger partial charge in [-0.2, -0.15) is 0 Å². The number of rotatable bonds is 4. The molecule has 33 heavy (non-hydrogen) atoms. The zero-order chi connectivity index (χ0) is 22.8. The topological polar surface area (TPSA) is 77.1 Å². The van der Waals surface area contributed by atoms with Crippen LogP contribution in [-0.4, -0.2) is 56.2 Å². The van der Waals surface area contributed by atoms with Crippen LogP contribution in [0.2, 0.25) is 0 Å². The second-order valence-corrected chi connectivity index (χ2v) is 8.94. The van der Waals surface area contributed by atoms with Crippen LogP contribution in [-0.2, 0) is 4.74 Å². The van der Waals surface area contributed by atoms with Crippen LogP contribution in [0.5, 0.6) is 11.5 Å². The maximum absolute atomic E-state index is 13.0. The summed E-state index contributed by atoms with van der Waals surface area (Å²) in [6.45, 7) is 5.18. The molecule has 170 valence electrons. The molecular weight excluding hydrogens is 440 g/mol. The Morgan fingerprint density at radius 2 is 1.73 bits per heavy atom. The SMILES string of the molecule is Cc1c(NC(=O)c2ccc(-c3ccc4c(c3)OCCO4)s2)cccc1C(=O)N1CCOCC1. The van der Waals surface area contributed by atoms with Crippen LogP contribution in [0, 0.1) is 6.92 Å². The number of carbonyl (C=O) groups is 2. The van der Waals surface area contributed by atoms with E-state index in [2.05, 4.69) is 5.32 Å². The quantitative estimate of drug-likeness (QED) is 0.626. The number of carbonyl (C=O) groups excluding carboxylic acids is 2. The van der Waals surface area contributed by atoms with Crippen molar-refractivity contribution in [2.24, 2.45) is 0 Å². The normalized spacial score (nSPS) is 15.2. The number of nitrogens with one attached hydrogen (secondary N) is 1. The molecule has 2 aliphatic rings. The number of thiophene rings is 1. The summed E-state index contributed by atoms with van der Waals surface area (Å²) in [6.07, 6.45) is 0. The van der Waals surface area contributed by atoms with Gasteiger partial charge in [0.1, 0.15) is 13.2 Å². The summed E-state index contributed by atoms with van der Waals surface area (Å²) in [6, 6.07) is 14.9. The van der Waals surface area contributed by atoms with Crippen molar-refractivity contribution in [3.63, 3.8) is 0 Å². The lowest BCUT2D eigenvalue weighted by Crippen LogP contribution is -2.41. The summed E-state index contributed by atoms with van der Waals surface area (Å²) in [5.74, 6) is 1.21. The number of hydrogen-bond donors (Lipinski definition) is 1. The zero-order valence-corrected chi connectivity index (χ0v) is 19.1. The summed E-state index contributed by atoms with van der Waals surface area (Å²) in [5.41, 5.74) is 2.95. The van der Waals surface area contributed by atoms with E-state index in [1.165, 1.54) is 11.3 Å². The van der Waals surface area contributed by atoms with Crippen molar-refractivity contribution in [3.05, 3.63) is 64.5 Å². The van der Waals surface area contributed by atoms with E-state index in [0.29, 0.717) is 55.6 Å². The van der Waals surface area contributed by atoms with Gasteiger partial charge in [0.25, 0.3) is 11.8 Å². The smallest absolute Gasteiger partial charge is 0.265 e. The van der Waals surface area contributed by atoms with Gasteiger partial charge < -0.3 is 24.4 Å².